The van der Waals surface area contributed by atoms with Gasteiger partial charge < -0.3 is 0 Å². The maximum absolute atomic E-state index is 12.9. The first kappa shape index (κ1) is 14.6. The number of amides is 2. The summed E-state index contributed by atoms with van der Waals surface area (Å²) in [6.07, 6.45) is 4.16. The molecule has 6 heteroatoms. The standard InChI is InChI=1S/C16H13FN2O2S/c17-12-5-3-11(4-6-12)13-10-22-14(18-13)2-1-9-19-15(20)7-8-16(19)21/h1-6,10H,7-9H2. The topological polar surface area (TPSA) is 50.3 Å². The van der Waals surface area contributed by atoms with Crippen molar-refractivity contribution < 1.29 is 14.0 Å². The summed E-state index contributed by atoms with van der Waals surface area (Å²) in [5, 5.41) is 2.66. The number of rotatable bonds is 4. The molecule has 4 nitrogen and oxygen atoms in total. The van der Waals surface area contributed by atoms with E-state index < -0.39 is 0 Å². The number of imide groups is 1. The molecule has 0 N–H and O–H groups in total. The fourth-order valence-corrected chi connectivity index (χ4v) is 2.95. The highest BCUT2D eigenvalue weighted by Gasteiger charge is 2.27. The number of halogens is 1. The predicted octanol–water partition coefficient (Wildman–Crippen LogP) is 3.11. The van der Waals surface area contributed by atoms with Crippen molar-refractivity contribution in [3.8, 4) is 11.3 Å². The van der Waals surface area contributed by atoms with Crippen LogP contribution in [0.2, 0.25) is 0 Å². The molecule has 2 amide bonds. The van der Waals surface area contributed by atoms with Crippen molar-refractivity contribution in [1.82, 2.24) is 9.88 Å². The van der Waals surface area contributed by atoms with Crippen molar-refractivity contribution in [2.45, 2.75) is 12.8 Å². The Morgan fingerprint density at radius 1 is 1.18 bits per heavy atom. The lowest BCUT2D eigenvalue weighted by molar-refractivity contribution is -0.137. The fourth-order valence-electron chi connectivity index (χ4n) is 2.20. The number of thiazole rings is 1. The number of benzene rings is 1. The first-order valence-electron chi connectivity index (χ1n) is 6.85. The lowest BCUT2D eigenvalue weighted by Crippen LogP contribution is -2.28. The Balaban J connectivity index is 1.66. The Morgan fingerprint density at radius 2 is 1.86 bits per heavy atom. The molecular weight excluding hydrogens is 303 g/mol. The first-order chi connectivity index (χ1) is 10.6. The zero-order valence-electron chi connectivity index (χ0n) is 11.7. The molecule has 1 aromatic carbocycles. The molecule has 0 spiro atoms. The number of aromatic nitrogens is 1. The van der Waals surface area contributed by atoms with Crippen LogP contribution in [0.4, 0.5) is 4.39 Å². The molecule has 0 aliphatic carbocycles. The highest BCUT2D eigenvalue weighted by atomic mass is 32.1. The van der Waals surface area contributed by atoms with Crippen LogP contribution in [0.1, 0.15) is 17.8 Å². The highest BCUT2D eigenvalue weighted by molar-refractivity contribution is 7.10. The smallest absolute Gasteiger partial charge is 0.229 e. The van der Waals surface area contributed by atoms with Crippen LogP contribution in [0.3, 0.4) is 0 Å². The molecule has 2 heterocycles. The Hall–Kier alpha value is -2.34. The molecule has 0 unspecified atom stereocenters. The predicted molar refractivity (Wildman–Crippen MR) is 82.5 cm³/mol. The van der Waals surface area contributed by atoms with E-state index in [1.807, 2.05) is 5.38 Å². The normalized spacial score (nSPS) is 15.2. The number of hydrogen-bond acceptors (Lipinski definition) is 4. The number of nitrogens with zero attached hydrogens (tertiary/aromatic N) is 2. The van der Waals surface area contributed by atoms with Gasteiger partial charge in [0.15, 0.2) is 0 Å². The third-order valence-electron chi connectivity index (χ3n) is 3.37. The summed E-state index contributed by atoms with van der Waals surface area (Å²) in [7, 11) is 0. The summed E-state index contributed by atoms with van der Waals surface area (Å²) >= 11 is 1.45. The zero-order chi connectivity index (χ0) is 15.5. The quantitative estimate of drug-likeness (QED) is 0.814. The van der Waals surface area contributed by atoms with E-state index in [4.69, 9.17) is 0 Å². The van der Waals surface area contributed by atoms with Gasteiger partial charge in [-0.15, -0.1) is 11.3 Å². The molecule has 3 rings (SSSR count). The Labute approximate surface area is 130 Å². The minimum atomic E-state index is -0.279. The van der Waals surface area contributed by atoms with Crippen LogP contribution < -0.4 is 0 Å². The van der Waals surface area contributed by atoms with Gasteiger partial charge in [-0.1, -0.05) is 6.08 Å². The fraction of sp³-hybridized carbons (Fsp3) is 0.188. The maximum Gasteiger partial charge on any atom is 0.229 e. The summed E-state index contributed by atoms with van der Waals surface area (Å²) in [5.41, 5.74) is 1.63. The van der Waals surface area contributed by atoms with Gasteiger partial charge in [0, 0.05) is 30.3 Å². The van der Waals surface area contributed by atoms with Gasteiger partial charge in [-0.25, -0.2) is 9.37 Å². The van der Waals surface area contributed by atoms with Gasteiger partial charge in [0.05, 0.1) is 5.69 Å². The third kappa shape index (κ3) is 3.12. The maximum atomic E-state index is 12.9. The summed E-state index contributed by atoms with van der Waals surface area (Å²) in [4.78, 5) is 28.6. The van der Waals surface area contributed by atoms with E-state index in [1.165, 1.54) is 28.4 Å². The number of carbonyl (C=O) groups excluding carboxylic acids is 2. The van der Waals surface area contributed by atoms with Crippen LogP contribution in [0.15, 0.2) is 35.7 Å². The lowest BCUT2D eigenvalue weighted by Gasteiger charge is -2.09. The van der Waals surface area contributed by atoms with Crippen LogP contribution in [0.25, 0.3) is 17.3 Å². The Kier molecular flexibility index (Phi) is 4.11. The molecule has 0 saturated carbocycles. The number of likely N-dealkylation sites (tertiary alicyclic amines) is 1. The van der Waals surface area contributed by atoms with Gasteiger partial charge in [0.2, 0.25) is 11.8 Å². The largest absolute Gasteiger partial charge is 0.279 e. The van der Waals surface area contributed by atoms with Gasteiger partial charge in [-0.3, -0.25) is 14.5 Å². The van der Waals surface area contributed by atoms with E-state index >= 15 is 0 Å². The second-order valence-corrected chi connectivity index (χ2v) is 5.77. The van der Waals surface area contributed by atoms with E-state index in [9.17, 15) is 14.0 Å². The molecule has 1 aliphatic heterocycles. The van der Waals surface area contributed by atoms with Crippen LogP contribution in [0, 0.1) is 5.82 Å². The molecule has 1 fully saturated rings. The SMILES string of the molecule is O=C1CCC(=O)N1CC=Cc1nc(-c2ccc(F)cc2)cs1. The van der Waals surface area contributed by atoms with E-state index in [2.05, 4.69) is 4.98 Å². The third-order valence-corrected chi connectivity index (χ3v) is 4.18. The van der Waals surface area contributed by atoms with Crippen molar-refractivity contribution in [2.24, 2.45) is 0 Å². The van der Waals surface area contributed by atoms with E-state index in [-0.39, 0.29) is 24.2 Å². The lowest BCUT2D eigenvalue weighted by atomic mass is 10.2. The monoisotopic (exact) mass is 316 g/mol. The zero-order valence-corrected chi connectivity index (χ0v) is 12.5. The second kappa shape index (κ2) is 6.19. The van der Waals surface area contributed by atoms with Gasteiger partial charge in [0.1, 0.15) is 10.8 Å². The molecule has 2 aromatic rings. The molecular formula is C16H13FN2O2S. The van der Waals surface area contributed by atoms with Crippen LogP contribution in [-0.4, -0.2) is 28.2 Å². The van der Waals surface area contributed by atoms with Gasteiger partial charge in [-0.2, -0.15) is 0 Å². The number of carbonyl (C=O) groups is 2. The van der Waals surface area contributed by atoms with Crippen molar-refractivity contribution in [3.05, 3.63) is 46.5 Å². The van der Waals surface area contributed by atoms with Crippen LogP contribution in [0.5, 0.6) is 0 Å². The van der Waals surface area contributed by atoms with Crippen LogP contribution in [-0.2, 0) is 9.59 Å². The summed E-state index contributed by atoms with van der Waals surface area (Å²) in [6.45, 7) is 0.281. The number of hydrogen-bond donors (Lipinski definition) is 0. The van der Waals surface area contributed by atoms with Crippen molar-refractivity contribution >= 4 is 29.2 Å². The van der Waals surface area contributed by atoms with Crippen molar-refractivity contribution in [3.63, 3.8) is 0 Å². The first-order valence-corrected chi connectivity index (χ1v) is 7.72. The van der Waals surface area contributed by atoms with Crippen LogP contribution >= 0.6 is 11.3 Å². The molecule has 0 bridgehead atoms. The van der Waals surface area contributed by atoms with E-state index in [0.29, 0.717) is 12.8 Å². The summed E-state index contributed by atoms with van der Waals surface area (Å²) in [6, 6.07) is 6.16. The molecule has 0 atom stereocenters. The summed E-state index contributed by atoms with van der Waals surface area (Å²) < 4.78 is 12.9. The molecule has 1 aromatic heterocycles. The Morgan fingerprint density at radius 3 is 2.55 bits per heavy atom. The second-order valence-electron chi connectivity index (χ2n) is 4.88. The highest BCUT2D eigenvalue weighted by Crippen LogP contribution is 2.23. The minimum absolute atomic E-state index is 0.124. The molecule has 1 saturated heterocycles. The van der Waals surface area contributed by atoms with Crippen molar-refractivity contribution in [2.75, 3.05) is 6.54 Å². The minimum Gasteiger partial charge on any atom is -0.279 e. The van der Waals surface area contributed by atoms with E-state index in [0.717, 1.165) is 16.3 Å². The Bertz CT molecular complexity index is 721. The van der Waals surface area contributed by atoms with Gasteiger partial charge >= 0.3 is 0 Å². The van der Waals surface area contributed by atoms with E-state index in [1.54, 1.807) is 24.3 Å². The molecule has 22 heavy (non-hydrogen) atoms. The van der Waals surface area contributed by atoms with Gasteiger partial charge in [0.25, 0.3) is 0 Å². The van der Waals surface area contributed by atoms with Crippen molar-refractivity contribution in [1.29, 1.82) is 0 Å². The average Bonchev–Trinajstić information content (AvgIpc) is 3.10. The summed E-state index contributed by atoms with van der Waals surface area (Å²) in [5.74, 6) is -0.527. The average molecular weight is 316 g/mol. The molecule has 1 aliphatic rings. The van der Waals surface area contributed by atoms with Gasteiger partial charge in [-0.05, 0) is 30.3 Å². The molecule has 0 radical (unpaired) electrons. The molecule has 112 valence electrons.